The molecule has 0 saturated carbocycles. The summed E-state index contributed by atoms with van der Waals surface area (Å²) in [5.74, 6) is -0.838. The van der Waals surface area contributed by atoms with Crippen LogP contribution in [0.5, 0.6) is 0 Å². The SMILES string of the molecule is CC(C)CN1C(=O)c2ccccc2C(C)(CC(F)F)C1=O. The lowest BCUT2D eigenvalue weighted by molar-refractivity contribution is -0.137. The summed E-state index contributed by atoms with van der Waals surface area (Å²) in [6.45, 7) is 5.50. The van der Waals surface area contributed by atoms with Gasteiger partial charge in [0.05, 0.1) is 5.41 Å². The first-order valence-corrected chi connectivity index (χ1v) is 7.01. The van der Waals surface area contributed by atoms with Crippen molar-refractivity contribution in [3.05, 3.63) is 35.4 Å². The van der Waals surface area contributed by atoms with E-state index in [1.807, 2.05) is 13.8 Å². The van der Waals surface area contributed by atoms with E-state index in [1.165, 1.54) is 6.92 Å². The summed E-state index contributed by atoms with van der Waals surface area (Å²) in [6, 6.07) is 6.55. The number of imide groups is 1. The zero-order chi connectivity index (χ0) is 15.8. The summed E-state index contributed by atoms with van der Waals surface area (Å²) in [5.41, 5.74) is -0.602. The van der Waals surface area contributed by atoms with Crippen LogP contribution in [0, 0.1) is 5.92 Å². The number of rotatable bonds is 4. The number of amides is 2. The Bertz CT molecular complexity index is 571. The van der Waals surface area contributed by atoms with Crippen LogP contribution >= 0.6 is 0 Å². The van der Waals surface area contributed by atoms with Crippen molar-refractivity contribution in [1.29, 1.82) is 0 Å². The summed E-state index contributed by atoms with van der Waals surface area (Å²) >= 11 is 0. The number of fused-ring (bicyclic) bond motifs is 1. The summed E-state index contributed by atoms with van der Waals surface area (Å²) in [4.78, 5) is 26.2. The van der Waals surface area contributed by atoms with Crippen molar-refractivity contribution in [2.24, 2.45) is 5.92 Å². The lowest BCUT2D eigenvalue weighted by Gasteiger charge is -2.40. The van der Waals surface area contributed by atoms with Crippen molar-refractivity contribution in [3.8, 4) is 0 Å². The molecule has 1 aliphatic rings. The first-order valence-electron chi connectivity index (χ1n) is 7.01. The minimum atomic E-state index is -2.61. The maximum atomic E-state index is 13.0. The molecule has 1 unspecified atom stereocenters. The van der Waals surface area contributed by atoms with E-state index in [4.69, 9.17) is 0 Å². The first kappa shape index (κ1) is 15.6. The molecule has 1 heterocycles. The Morgan fingerprint density at radius 2 is 1.81 bits per heavy atom. The van der Waals surface area contributed by atoms with E-state index < -0.39 is 30.1 Å². The van der Waals surface area contributed by atoms with Crippen molar-refractivity contribution >= 4 is 11.8 Å². The third kappa shape index (κ3) is 2.69. The van der Waals surface area contributed by atoms with E-state index in [-0.39, 0.29) is 12.5 Å². The monoisotopic (exact) mass is 295 g/mol. The van der Waals surface area contributed by atoms with Crippen molar-refractivity contribution in [2.45, 2.75) is 39.0 Å². The van der Waals surface area contributed by atoms with E-state index in [1.54, 1.807) is 24.3 Å². The number of carbonyl (C=O) groups is 2. The van der Waals surface area contributed by atoms with E-state index in [2.05, 4.69) is 0 Å². The lowest BCUT2D eigenvalue weighted by atomic mass is 9.73. The molecule has 0 N–H and O–H groups in total. The molecule has 0 fully saturated rings. The van der Waals surface area contributed by atoms with Crippen LogP contribution in [0.1, 0.15) is 43.1 Å². The predicted molar refractivity (Wildman–Crippen MR) is 75.3 cm³/mol. The Morgan fingerprint density at radius 3 is 2.38 bits per heavy atom. The molecule has 0 aromatic heterocycles. The van der Waals surface area contributed by atoms with Crippen LogP contribution in [-0.4, -0.2) is 29.7 Å². The van der Waals surface area contributed by atoms with Crippen LogP contribution in [0.4, 0.5) is 8.78 Å². The number of hydrogen-bond donors (Lipinski definition) is 0. The number of carbonyl (C=O) groups excluding carboxylic acids is 2. The Kier molecular flexibility index (Phi) is 4.12. The van der Waals surface area contributed by atoms with Crippen molar-refractivity contribution < 1.29 is 18.4 Å². The molecule has 0 saturated heterocycles. The maximum Gasteiger partial charge on any atom is 0.260 e. The molecule has 21 heavy (non-hydrogen) atoms. The summed E-state index contributed by atoms with van der Waals surface area (Å²) < 4.78 is 25.9. The summed E-state index contributed by atoms with van der Waals surface area (Å²) in [6.07, 6.45) is -3.19. The fourth-order valence-corrected chi connectivity index (χ4v) is 2.84. The van der Waals surface area contributed by atoms with Crippen LogP contribution < -0.4 is 0 Å². The van der Waals surface area contributed by atoms with Gasteiger partial charge in [0.25, 0.3) is 5.91 Å². The fraction of sp³-hybridized carbons (Fsp3) is 0.500. The minimum Gasteiger partial charge on any atom is -0.277 e. The highest BCUT2D eigenvalue weighted by Gasteiger charge is 2.48. The van der Waals surface area contributed by atoms with Gasteiger partial charge in [-0.05, 0) is 24.5 Å². The lowest BCUT2D eigenvalue weighted by Crippen LogP contribution is -2.54. The van der Waals surface area contributed by atoms with Gasteiger partial charge in [-0.2, -0.15) is 0 Å². The molecule has 0 radical (unpaired) electrons. The average Bonchev–Trinajstić information content (AvgIpc) is 2.41. The first-order chi connectivity index (χ1) is 9.77. The van der Waals surface area contributed by atoms with Gasteiger partial charge in [-0.1, -0.05) is 32.0 Å². The van der Waals surface area contributed by atoms with E-state index in [0.29, 0.717) is 11.1 Å². The Hall–Kier alpha value is -1.78. The van der Waals surface area contributed by atoms with Crippen LogP contribution in [0.15, 0.2) is 24.3 Å². The largest absolute Gasteiger partial charge is 0.277 e. The molecule has 1 aromatic carbocycles. The number of benzene rings is 1. The maximum absolute atomic E-state index is 13.0. The van der Waals surface area contributed by atoms with Gasteiger partial charge < -0.3 is 0 Å². The number of nitrogens with zero attached hydrogens (tertiary/aromatic N) is 1. The van der Waals surface area contributed by atoms with Crippen LogP contribution in [0.25, 0.3) is 0 Å². The molecule has 1 aromatic rings. The topological polar surface area (TPSA) is 37.4 Å². The molecular formula is C16H19F2NO2. The zero-order valence-electron chi connectivity index (χ0n) is 12.4. The molecule has 3 nitrogen and oxygen atoms in total. The molecular weight excluding hydrogens is 276 g/mol. The standard InChI is InChI=1S/C16H19F2NO2/c1-10(2)9-19-14(20)11-6-4-5-7-12(11)16(3,15(19)21)8-13(17)18/h4-7,10,13H,8-9H2,1-3H3. The van der Waals surface area contributed by atoms with Crippen LogP contribution in [0.3, 0.4) is 0 Å². The third-order valence-corrected chi connectivity index (χ3v) is 3.82. The number of alkyl halides is 2. The third-order valence-electron chi connectivity index (χ3n) is 3.82. The minimum absolute atomic E-state index is 0.0824. The highest BCUT2D eigenvalue weighted by molar-refractivity contribution is 6.13. The Balaban J connectivity index is 2.56. The van der Waals surface area contributed by atoms with Crippen molar-refractivity contribution in [2.75, 3.05) is 6.54 Å². The Morgan fingerprint density at radius 1 is 1.19 bits per heavy atom. The number of halogens is 2. The molecule has 1 atom stereocenters. The van der Waals surface area contributed by atoms with E-state index in [9.17, 15) is 18.4 Å². The van der Waals surface area contributed by atoms with Gasteiger partial charge in [0, 0.05) is 18.5 Å². The molecule has 2 rings (SSSR count). The highest BCUT2D eigenvalue weighted by Crippen LogP contribution is 2.39. The second-order valence-electron chi connectivity index (χ2n) is 6.09. The smallest absolute Gasteiger partial charge is 0.260 e. The summed E-state index contributed by atoms with van der Waals surface area (Å²) in [5, 5.41) is 0. The fourth-order valence-electron chi connectivity index (χ4n) is 2.84. The molecule has 5 heteroatoms. The van der Waals surface area contributed by atoms with E-state index >= 15 is 0 Å². The number of hydrogen-bond acceptors (Lipinski definition) is 2. The van der Waals surface area contributed by atoms with Gasteiger partial charge in [0.1, 0.15) is 0 Å². The molecule has 0 aliphatic carbocycles. The average molecular weight is 295 g/mol. The van der Waals surface area contributed by atoms with Gasteiger partial charge in [-0.15, -0.1) is 0 Å². The Labute approximate surface area is 122 Å². The summed E-state index contributed by atoms with van der Waals surface area (Å²) in [7, 11) is 0. The highest BCUT2D eigenvalue weighted by atomic mass is 19.3. The molecule has 0 spiro atoms. The van der Waals surface area contributed by atoms with Crippen LogP contribution in [0.2, 0.25) is 0 Å². The van der Waals surface area contributed by atoms with Crippen LogP contribution in [-0.2, 0) is 10.2 Å². The van der Waals surface area contributed by atoms with Gasteiger partial charge >= 0.3 is 0 Å². The van der Waals surface area contributed by atoms with Gasteiger partial charge in [-0.25, -0.2) is 8.78 Å². The predicted octanol–water partition coefficient (Wildman–Crippen LogP) is 3.24. The molecule has 2 amide bonds. The normalized spacial score (nSPS) is 22.1. The second kappa shape index (κ2) is 5.54. The zero-order valence-corrected chi connectivity index (χ0v) is 12.4. The van der Waals surface area contributed by atoms with E-state index in [0.717, 1.165) is 4.90 Å². The molecule has 114 valence electrons. The quantitative estimate of drug-likeness (QED) is 0.800. The van der Waals surface area contributed by atoms with Crippen molar-refractivity contribution in [1.82, 2.24) is 4.90 Å². The molecule has 1 aliphatic heterocycles. The van der Waals surface area contributed by atoms with Crippen molar-refractivity contribution in [3.63, 3.8) is 0 Å². The van der Waals surface area contributed by atoms with Gasteiger partial charge in [-0.3, -0.25) is 14.5 Å². The molecule has 0 bridgehead atoms. The van der Waals surface area contributed by atoms with Gasteiger partial charge in [0.15, 0.2) is 0 Å². The van der Waals surface area contributed by atoms with Gasteiger partial charge in [0.2, 0.25) is 12.3 Å². The second-order valence-corrected chi connectivity index (χ2v) is 6.09.